The second-order valence-electron chi connectivity index (χ2n) is 7.40. The number of rotatable bonds is 6. The highest BCUT2D eigenvalue weighted by Gasteiger charge is 2.29. The monoisotopic (exact) mass is 430 g/mol. The highest BCUT2D eigenvalue weighted by molar-refractivity contribution is 7.16. The largest absolute Gasteiger partial charge is 0.477 e. The van der Waals surface area contributed by atoms with E-state index in [1.54, 1.807) is 29.2 Å². The Balaban J connectivity index is 1.99. The van der Waals surface area contributed by atoms with Gasteiger partial charge in [0.15, 0.2) is 0 Å². The van der Waals surface area contributed by atoms with Crippen LogP contribution in [0.5, 0.6) is 0 Å². The van der Waals surface area contributed by atoms with Crippen LogP contribution >= 0.6 is 11.3 Å². The van der Waals surface area contributed by atoms with Crippen LogP contribution in [-0.4, -0.2) is 54.9 Å². The maximum atomic E-state index is 15.4. The third-order valence-corrected chi connectivity index (χ3v) is 6.44. The molecule has 0 radical (unpaired) electrons. The summed E-state index contributed by atoms with van der Waals surface area (Å²) >= 11 is 1.17. The predicted molar refractivity (Wildman–Crippen MR) is 118 cm³/mol. The van der Waals surface area contributed by atoms with Gasteiger partial charge in [0.1, 0.15) is 16.2 Å². The predicted octanol–water partition coefficient (Wildman–Crippen LogP) is 2.84. The molecule has 30 heavy (non-hydrogen) atoms. The van der Waals surface area contributed by atoms with E-state index in [1.165, 1.54) is 17.4 Å². The highest BCUT2D eigenvalue weighted by atomic mass is 32.1. The number of aromatic carboxylic acids is 1. The Hall–Kier alpha value is -2.78. The molecule has 3 aromatic rings. The zero-order valence-corrected chi connectivity index (χ0v) is 17.6. The van der Waals surface area contributed by atoms with E-state index in [0.717, 1.165) is 19.5 Å². The number of benzene rings is 1. The Labute approximate surface area is 176 Å². The van der Waals surface area contributed by atoms with Crippen molar-refractivity contribution < 1.29 is 14.3 Å². The van der Waals surface area contributed by atoms with Crippen LogP contribution in [0.1, 0.15) is 29.3 Å². The summed E-state index contributed by atoms with van der Waals surface area (Å²) in [5.41, 5.74) is 0.380. The number of fused-ring (bicyclic) bond motifs is 3. The quantitative estimate of drug-likeness (QED) is 0.588. The van der Waals surface area contributed by atoms with E-state index in [4.69, 9.17) is 0 Å². The number of aliphatic imine (C=N–C) groups is 1. The van der Waals surface area contributed by atoms with E-state index >= 15 is 4.39 Å². The van der Waals surface area contributed by atoms with Gasteiger partial charge >= 0.3 is 5.97 Å². The highest BCUT2D eigenvalue weighted by Crippen LogP contribution is 2.35. The lowest BCUT2D eigenvalue weighted by Gasteiger charge is -2.23. The molecule has 1 unspecified atom stereocenters. The van der Waals surface area contributed by atoms with Crippen molar-refractivity contribution in [2.75, 3.05) is 38.1 Å². The maximum Gasteiger partial charge on any atom is 0.342 e. The molecule has 0 aliphatic carbocycles. The van der Waals surface area contributed by atoms with Gasteiger partial charge in [-0.15, -0.1) is 11.3 Å². The molecule has 2 N–H and O–H groups in total. The Morgan fingerprint density at radius 2 is 2.30 bits per heavy atom. The van der Waals surface area contributed by atoms with Gasteiger partial charge in [-0.25, -0.2) is 9.18 Å². The summed E-state index contributed by atoms with van der Waals surface area (Å²) in [6, 6.07) is 1.17. The van der Waals surface area contributed by atoms with Crippen LogP contribution in [0.15, 0.2) is 27.4 Å². The zero-order valence-electron chi connectivity index (χ0n) is 16.8. The van der Waals surface area contributed by atoms with Crippen molar-refractivity contribution in [2.45, 2.75) is 13.3 Å². The number of hydrogen-bond donors (Lipinski definition) is 2. The fraction of sp³-hybridized carbons (Fsp3) is 0.381. The molecule has 1 aliphatic heterocycles. The average Bonchev–Trinajstić information content (AvgIpc) is 3.36. The van der Waals surface area contributed by atoms with Crippen LogP contribution in [0.3, 0.4) is 0 Å². The van der Waals surface area contributed by atoms with Crippen molar-refractivity contribution >= 4 is 44.9 Å². The third-order valence-electron chi connectivity index (χ3n) is 5.55. The lowest BCUT2D eigenvalue weighted by Crippen LogP contribution is -2.28. The number of pyridine rings is 1. The molecule has 0 amide bonds. The molecule has 4 rings (SSSR count). The summed E-state index contributed by atoms with van der Waals surface area (Å²) in [4.78, 5) is 31.2. The molecule has 1 saturated heterocycles. The van der Waals surface area contributed by atoms with Crippen LogP contribution in [0.25, 0.3) is 15.7 Å². The molecule has 9 heteroatoms. The van der Waals surface area contributed by atoms with Gasteiger partial charge in [0.2, 0.25) is 5.43 Å². The molecule has 0 spiro atoms. The minimum atomic E-state index is -1.32. The fourth-order valence-corrected chi connectivity index (χ4v) is 5.14. The number of carboxylic acids is 1. The summed E-state index contributed by atoms with van der Waals surface area (Å²) in [5.74, 6) is -1.45. The first-order chi connectivity index (χ1) is 14.5. The number of halogens is 1. The molecule has 3 heterocycles. The standard InChI is InChI=1S/C21H23FN4O3S/c1-3-24-9-12-4-5-25(11-12)18-14(10-23-2)17-13(8-15(18)22)19(27)16(21(28)29)20-26(17)6-7-30-20/h6-8,10,12,24H,3-5,9,11H2,1-2H3,(H,28,29). The third kappa shape index (κ3) is 3.27. The molecular weight excluding hydrogens is 407 g/mol. The van der Waals surface area contributed by atoms with E-state index in [9.17, 15) is 14.7 Å². The SMILES string of the molecule is CCNCC1CCN(c2c(F)cc3c(=O)c(C(=O)O)c4sccn4c3c2C=NC)C1. The molecule has 158 valence electrons. The maximum absolute atomic E-state index is 15.4. The second-order valence-corrected chi connectivity index (χ2v) is 8.29. The molecule has 1 fully saturated rings. The summed E-state index contributed by atoms with van der Waals surface area (Å²) in [7, 11) is 1.59. The lowest BCUT2D eigenvalue weighted by atomic mass is 10.0. The van der Waals surface area contributed by atoms with Crippen molar-refractivity contribution in [1.82, 2.24) is 9.72 Å². The van der Waals surface area contributed by atoms with Gasteiger partial charge in [-0.1, -0.05) is 6.92 Å². The number of nitrogens with zero attached hydrogens (tertiary/aromatic N) is 3. The minimum Gasteiger partial charge on any atom is -0.477 e. The van der Waals surface area contributed by atoms with E-state index in [2.05, 4.69) is 17.2 Å². The van der Waals surface area contributed by atoms with Crippen molar-refractivity contribution in [2.24, 2.45) is 10.9 Å². The smallest absolute Gasteiger partial charge is 0.342 e. The molecule has 0 saturated carbocycles. The van der Waals surface area contributed by atoms with Crippen molar-refractivity contribution in [1.29, 1.82) is 0 Å². The molecule has 1 aromatic carbocycles. The topological polar surface area (TPSA) is 86.4 Å². The number of aromatic nitrogens is 1. The van der Waals surface area contributed by atoms with Crippen molar-refractivity contribution in [3.05, 3.63) is 44.8 Å². The number of anilines is 1. The Kier molecular flexibility index (Phi) is 5.57. The van der Waals surface area contributed by atoms with Crippen molar-refractivity contribution in [3.63, 3.8) is 0 Å². The fourth-order valence-electron chi connectivity index (χ4n) is 4.26. The van der Waals surface area contributed by atoms with Crippen LogP contribution in [0.2, 0.25) is 0 Å². The zero-order chi connectivity index (χ0) is 21.4. The van der Waals surface area contributed by atoms with Crippen LogP contribution in [0, 0.1) is 11.7 Å². The van der Waals surface area contributed by atoms with E-state index in [-0.39, 0.29) is 10.9 Å². The van der Waals surface area contributed by atoms with Gasteiger partial charge in [0, 0.05) is 43.5 Å². The first kappa shape index (κ1) is 20.5. The minimum absolute atomic E-state index is 0.0443. The summed E-state index contributed by atoms with van der Waals surface area (Å²) in [6.45, 7) is 5.22. The van der Waals surface area contributed by atoms with Crippen molar-refractivity contribution in [3.8, 4) is 0 Å². The van der Waals surface area contributed by atoms with E-state index in [1.807, 2.05) is 4.90 Å². The Morgan fingerprint density at radius 1 is 1.50 bits per heavy atom. The lowest BCUT2D eigenvalue weighted by molar-refractivity contribution is 0.0697. The number of hydrogen-bond acceptors (Lipinski definition) is 6. The summed E-state index contributed by atoms with van der Waals surface area (Å²) < 4.78 is 17.0. The van der Waals surface area contributed by atoms with E-state index < -0.39 is 17.2 Å². The Bertz CT molecular complexity index is 1220. The van der Waals surface area contributed by atoms with Gasteiger partial charge in [0.25, 0.3) is 0 Å². The Morgan fingerprint density at radius 3 is 3.00 bits per heavy atom. The van der Waals surface area contributed by atoms with Gasteiger partial charge < -0.3 is 19.7 Å². The van der Waals surface area contributed by atoms with Gasteiger partial charge in [-0.3, -0.25) is 9.79 Å². The number of nitrogens with one attached hydrogen (secondary N) is 1. The summed E-state index contributed by atoms with van der Waals surface area (Å²) in [6.07, 6.45) is 4.21. The molecule has 0 bridgehead atoms. The molecule has 7 nitrogen and oxygen atoms in total. The normalized spacial score (nSPS) is 17.0. The average molecular weight is 431 g/mol. The first-order valence-corrected chi connectivity index (χ1v) is 10.7. The molecule has 1 aliphatic rings. The van der Waals surface area contributed by atoms with E-state index in [0.29, 0.717) is 40.6 Å². The van der Waals surface area contributed by atoms with Gasteiger partial charge in [-0.05, 0) is 31.5 Å². The number of carbonyl (C=O) groups is 1. The molecule has 1 atom stereocenters. The van der Waals surface area contributed by atoms with Crippen LogP contribution in [-0.2, 0) is 0 Å². The number of carboxylic acid groups (broad SMARTS) is 1. The van der Waals surface area contributed by atoms with Gasteiger partial charge in [-0.2, -0.15) is 0 Å². The van der Waals surface area contributed by atoms with Crippen LogP contribution in [0.4, 0.5) is 10.1 Å². The van der Waals surface area contributed by atoms with Crippen LogP contribution < -0.4 is 15.6 Å². The van der Waals surface area contributed by atoms with Gasteiger partial charge in [0.05, 0.1) is 16.6 Å². The summed E-state index contributed by atoms with van der Waals surface area (Å²) in [5, 5.41) is 14.7. The molecular formula is C21H23FN4O3S. The number of thiazole rings is 1. The molecule has 2 aromatic heterocycles. The first-order valence-electron chi connectivity index (χ1n) is 9.87. The second kappa shape index (κ2) is 8.16.